The van der Waals surface area contributed by atoms with Crippen molar-refractivity contribution in [2.24, 2.45) is 0 Å². The Kier molecular flexibility index (Phi) is 13.9. The number of esters is 2. The predicted octanol–water partition coefficient (Wildman–Crippen LogP) is -0.161. The molecule has 10 nitrogen and oxygen atoms in total. The van der Waals surface area contributed by atoms with Gasteiger partial charge in [-0.05, 0) is 13.8 Å². The van der Waals surface area contributed by atoms with Crippen LogP contribution in [0.5, 0.6) is 0 Å². The number of carbonyl (C=O) groups is 5. The number of ether oxygens (including phenoxy) is 2. The van der Waals surface area contributed by atoms with Crippen molar-refractivity contribution in [3.63, 3.8) is 0 Å². The van der Waals surface area contributed by atoms with E-state index in [0.29, 0.717) is 25.2 Å². The molecule has 0 aliphatic carbocycles. The van der Waals surface area contributed by atoms with Crippen LogP contribution in [0.1, 0.15) is 13.8 Å². The summed E-state index contributed by atoms with van der Waals surface area (Å²) in [6.07, 6.45) is 2.97. The Labute approximate surface area is 144 Å². The zero-order chi connectivity index (χ0) is 19.8. The molecule has 10 heteroatoms. The summed E-state index contributed by atoms with van der Waals surface area (Å²) in [6.45, 7) is 4.46. The van der Waals surface area contributed by atoms with Crippen LogP contribution >= 0.6 is 0 Å². The van der Waals surface area contributed by atoms with Gasteiger partial charge in [0.05, 0.1) is 7.11 Å². The van der Waals surface area contributed by atoms with Crippen LogP contribution in [0.2, 0.25) is 0 Å². The molecular weight excluding hydrogens is 338 g/mol. The first-order valence-electron chi connectivity index (χ1n) is 7.02. The molecular formula is C15H21NO9. The van der Waals surface area contributed by atoms with E-state index in [1.54, 1.807) is 0 Å². The summed E-state index contributed by atoms with van der Waals surface area (Å²) in [4.78, 5) is 53.8. The maximum Gasteiger partial charge on any atom is 0.331 e. The molecule has 0 aliphatic heterocycles. The molecule has 0 atom stereocenters. The van der Waals surface area contributed by atoms with Gasteiger partial charge in [-0.25, -0.2) is 19.2 Å². The van der Waals surface area contributed by atoms with Crippen molar-refractivity contribution in [2.45, 2.75) is 13.8 Å². The maximum atomic E-state index is 11.4. The van der Waals surface area contributed by atoms with Crippen LogP contribution in [-0.4, -0.2) is 71.7 Å². The van der Waals surface area contributed by atoms with Gasteiger partial charge in [0, 0.05) is 37.4 Å². The van der Waals surface area contributed by atoms with Crippen LogP contribution in [0.4, 0.5) is 0 Å². The minimum Gasteiger partial charge on any atom is -0.478 e. The number of nitrogens with zero attached hydrogens (tertiary/aromatic N) is 1. The van der Waals surface area contributed by atoms with Gasteiger partial charge < -0.3 is 24.6 Å². The predicted molar refractivity (Wildman–Crippen MR) is 84.5 cm³/mol. The molecule has 140 valence electrons. The normalized spacial score (nSPS) is 9.88. The fourth-order valence-electron chi connectivity index (χ4n) is 1.20. The van der Waals surface area contributed by atoms with Gasteiger partial charge in [-0.3, -0.25) is 4.79 Å². The van der Waals surface area contributed by atoms with E-state index in [0.717, 1.165) is 12.2 Å². The molecule has 0 saturated carbocycles. The Morgan fingerprint density at radius 3 is 1.64 bits per heavy atom. The van der Waals surface area contributed by atoms with Crippen LogP contribution in [0.3, 0.4) is 0 Å². The Morgan fingerprint density at radius 2 is 1.28 bits per heavy atom. The summed E-state index contributed by atoms with van der Waals surface area (Å²) < 4.78 is 8.95. The number of carboxylic acid groups (broad SMARTS) is 2. The maximum absolute atomic E-state index is 11.4. The zero-order valence-electron chi connectivity index (χ0n) is 14.1. The van der Waals surface area contributed by atoms with Crippen LogP contribution in [-0.2, 0) is 33.4 Å². The number of likely N-dealkylation sites (N-methyl/N-ethyl adjacent to an activating group) is 1. The second kappa shape index (κ2) is 14.4. The molecule has 0 aromatic carbocycles. The average molecular weight is 359 g/mol. The summed E-state index contributed by atoms with van der Waals surface area (Å²) in [7, 11) is 1.20. The monoisotopic (exact) mass is 359 g/mol. The topological polar surface area (TPSA) is 148 Å². The molecule has 0 radical (unpaired) electrons. The number of hydrogen-bond acceptors (Lipinski definition) is 7. The van der Waals surface area contributed by atoms with Crippen molar-refractivity contribution in [3.05, 3.63) is 24.3 Å². The third-order valence-corrected chi connectivity index (χ3v) is 2.38. The minimum atomic E-state index is -1.26. The largest absolute Gasteiger partial charge is 0.478 e. The van der Waals surface area contributed by atoms with Crippen molar-refractivity contribution in [3.8, 4) is 0 Å². The van der Waals surface area contributed by atoms with E-state index in [4.69, 9.17) is 10.2 Å². The highest BCUT2D eigenvalue weighted by Gasteiger charge is 2.11. The first kappa shape index (κ1) is 24.1. The molecule has 1 amide bonds. The van der Waals surface area contributed by atoms with Gasteiger partial charge in [-0.2, -0.15) is 0 Å². The lowest BCUT2D eigenvalue weighted by atomic mass is 10.4. The number of hydrogen-bond donors (Lipinski definition) is 2. The van der Waals surface area contributed by atoms with E-state index >= 15 is 0 Å². The molecule has 0 aliphatic rings. The van der Waals surface area contributed by atoms with Crippen LogP contribution < -0.4 is 0 Å². The SMILES string of the molecule is CCN(CC)C(=O)COC(=O)/C=C/C(=O)OC.O=C(O)/C=C\C(=O)O. The van der Waals surface area contributed by atoms with Crippen LogP contribution in [0.15, 0.2) is 24.3 Å². The summed E-state index contributed by atoms with van der Waals surface area (Å²) in [5.74, 6) is -4.19. The molecule has 0 saturated heterocycles. The van der Waals surface area contributed by atoms with E-state index in [-0.39, 0.29) is 12.5 Å². The van der Waals surface area contributed by atoms with Gasteiger partial charge >= 0.3 is 23.9 Å². The quantitative estimate of drug-likeness (QED) is 0.445. The third kappa shape index (κ3) is 15.5. The highest BCUT2D eigenvalue weighted by atomic mass is 16.5. The molecule has 25 heavy (non-hydrogen) atoms. The summed E-state index contributed by atoms with van der Waals surface area (Å²) >= 11 is 0. The molecule has 0 bridgehead atoms. The summed E-state index contributed by atoms with van der Waals surface area (Å²) in [6, 6.07) is 0. The van der Waals surface area contributed by atoms with Crippen LogP contribution in [0.25, 0.3) is 0 Å². The third-order valence-electron chi connectivity index (χ3n) is 2.38. The minimum absolute atomic E-state index is 0.269. The first-order valence-corrected chi connectivity index (χ1v) is 7.02. The standard InChI is InChI=1S/C11H17NO5.C4H4O4/c1-4-12(5-2)9(13)8-17-11(15)7-6-10(14)16-3;5-3(6)1-2-4(7)8/h6-7H,4-5,8H2,1-3H3;1-2H,(H,5,6)(H,7,8)/b7-6+;2-1-. The molecule has 0 heterocycles. The molecule has 0 aromatic rings. The molecule has 0 spiro atoms. The van der Waals surface area contributed by atoms with E-state index in [9.17, 15) is 24.0 Å². The molecule has 0 aromatic heterocycles. The molecule has 0 rings (SSSR count). The number of rotatable bonds is 8. The molecule has 2 N–H and O–H groups in total. The van der Waals surface area contributed by atoms with Gasteiger partial charge in [0.1, 0.15) is 0 Å². The Balaban J connectivity index is 0. The van der Waals surface area contributed by atoms with E-state index in [1.165, 1.54) is 12.0 Å². The van der Waals surface area contributed by atoms with Crippen molar-refractivity contribution >= 4 is 29.8 Å². The second-order valence-corrected chi connectivity index (χ2v) is 4.04. The van der Waals surface area contributed by atoms with E-state index < -0.39 is 23.9 Å². The second-order valence-electron chi connectivity index (χ2n) is 4.04. The summed E-state index contributed by atoms with van der Waals surface area (Å²) in [5.41, 5.74) is 0. The first-order chi connectivity index (χ1) is 11.7. The number of carboxylic acids is 2. The number of aliphatic carboxylic acids is 2. The number of amides is 1. The van der Waals surface area contributed by atoms with Crippen molar-refractivity contribution in [1.82, 2.24) is 4.90 Å². The Morgan fingerprint density at radius 1 is 0.840 bits per heavy atom. The van der Waals surface area contributed by atoms with Gasteiger partial charge in [0.25, 0.3) is 5.91 Å². The fraction of sp³-hybridized carbons (Fsp3) is 0.400. The Hall–Kier alpha value is -3.17. The highest BCUT2D eigenvalue weighted by molar-refractivity contribution is 5.92. The molecule has 0 fully saturated rings. The van der Waals surface area contributed by atoms with Gasteiger partial charge in [0.15, 0.2) is 6.61 Å². The van der Waals surface area contributed by atoms with E-state index in [1.807, 2.05) is 13.8 Å². The van der Waals surface area contributed by atoms with Crippen LogP contribution in [0, 0.1) is 0 Å². The lowest BCUT2D eigenvalue weighted by Gasteiger charge is -2.17. The van der Waals surface area contributed by atoms with Crippen molar-refractivity contribution < 1.29 is 43.7 Å². The number of methoxy groups -OCH3 is 1. The fourth-order valence-corrected chi connectivity index (χ4v) is 1.20. The van der Waals surface area contributed by atoms with Crippen molar-refractivity contribution in [1.29, 1.82) is 0 Å². The zero-order valence-corrected chi connectivity index (χ0v) is 14.1. The Bertz CT molecular complexity index is 517. The highest BCUT2D eigenvalue weighted by Crippen LogP contribution is 1.91. The van der Waals surface area contributed by atoms with Gasteiger partial charge in [0.2, 0.25) is 0 Å². The average Bonchev–Trinajstić information content (AvgIpc) is 2.57. The molecule has 0 unspecified atom stereocenters. The van der Waals surface area contributed by atoms with E-state index in [2.05, 4.69) is 9.47 Å². The number of carbonyl (C=O) groups excluding carboxylic acids is 3. The van der Waals surface area contributed by atoms with Crippen molar-refractivity contribution in [2.75, 3.05) is 26.8 Å². The van der Waals surface area contributed by atoms with Gasteiger partial charge in [-0.15, -0.1) is 0 Å². The smallest absolute Gasteiger partial charge is 0.331 e. The lowest BCUT2D eigenvalue weighted by molar-refractivity contribution is -0.148. The van der Waals surface area contributed by atoms with Gasteiger partial charge in [-0.1, -0.05) is 0 Å². The summed E-state index contributed by atoms with van der Waals surface area (Å²) in [5, 5.41) is 15.6. The lowest BCUT2D eigenvalue weighted by Crippen LogP contribution is -2.34.